The van der Waals surface area contributed by atoms with Gasteiger partial charge < -0.3 is 19.3 Å². The van der Waals surface area contributed by atoms with Crippen LogP contribution >= 0.6 is 0 Å². The Morgan fingerprint density at radius 1 is 0.793 bits per heavy atom. The van der Waals surface area contributed by atoms with Gasteiger partial charge in [-0.05, 0) is 24.3 Å². The average Bonchev–Trinajstić information content (AvgIpc) is 2.76. The van der Waals surface area contributed by atoms with E-state index in [0.717, 1.165) is 6.07 Å². The summed E-state index contributed by atoms with van der Waals surface area (Å²) in [7, 11) is 2.95. The van der Waals surface area contributed by atoms with Gasteiger partial charge in [0.25, 0.3) is 11.8 Å². The SMILES string of the molecule is COc1cc(OC)cc(C(=O)N2CCN(C(=O)c3ccc(F)c(F)c3F)CC2)c1. The Morgan fingerprint density at radius 3 is 1.83 bits per heavy atom. The number of methoxy groups -OCH3 is 2. The largest absolute Gasteiger partial charge is 0.497 e. The number of nitrogens with zero attached hydrogens (tertiary/aromatic N) is 2. The van der Waals surface area contributed by atoms with Crippen molar-refractivity contribution in [1.29, 1.82) is 0 Å². The third-order valence-corrected chi connectivity index (χ3v) is 4.72. The molecule has 3 rings (SSSR count). The summed E-state index contributed by atoms with van der Waals surface area (Å²) in [6.45, 7) is 0.666. The maximum atomic E-state index is 13.9. The van der Waals surface area contributed by atoms with Gasteiger partial charge in [-0.2, -0.15) is 0 Å². The van der Waals surface area contributed by atoms with Crippen molar-refractivity contribution in [2.75, 3.05) is 40.4 Å². The molecule has 0 atom stereocenters. The van der Waals surface area contributed by atoms with Crippen LogP contribution in [0.5, 0.6) is 11.5 Å². The summed E-state index contributed by atoms with van der Waals surface area (Å²) >= 11 is 0. The van der Waals surface area contributed by atoms with E-state index in [9.17, 15) is 22.8 Å². The normalized spacial score (nSPS) is 14.0. The van der Waals surface area contributed by atoms with Crippen LogP contribution in [-0.4, -0.2) is 62.0 Å². The molecule has 0 radical (unpaired) electrons. The van der Waals surface area contributed by atoms with Crippen molar-refractivity contribution in [3.05, 3.63) is 58.9 Å². The topological polar surface area (TPSA) is 59.1 Å². The molecule has 154 valence electrons. The summed E-state index contributed by atoms with van der Waals surface area (Å²) in [5.74, 6) is -4.65. The first-order valence-electron chi connectivity index (χ1n) is 8.80. The summed E-state index contributed by atoms with van der Waals surface area (Å²) in [6, 6.07) is 6.43. The summed E-state index contributed by atoms with van der Waals surface area (Å²) in [4.78, 5) is 28.1. The van der Waals surface area contributed by atoms with Crippen molar-refractivity contribution < 1.29 is 32.2 Å². The van der Waals surface area contributed by atoms with E-state index in [-0.39, 0.29) is 32.1 Å². The zero-order valence-electron chi connectivity index (χ0n) is 15.9. The number of amides is 2. The van der Waals surface area contributed by atoms with Gasteiger partial charge in [0.1, 0.15) is 11.5 Å². The Balaban J connectivity index is 1.70. The van der Waals surface area contributed by atoms with Crippen LogP contribution in [0.3, 0.4) is 0 Å². The van der Waals surface area contributed by atoms with Crippen LogP contribution in [0.25, 0.3) is 0 Å². The lowest BCUT2D eigenvalue weighted by atomic mass is 10.1. The predicted molar refractivity (Wildman–Crippen MR) is 97.7 cm³/mol. The van der Waals surface area contributed by atoms with E-state index in [0.29, 0.717) is 23.1 Å². The molecule has 0 aliphatic carbocycles. The van der Waals surface area contributed by atoms with Gasteiger partial charge in [-0.1, -0.05) is 0 Å². The molecule has 9 heteroatoms. The van der Waals surface area contributed by atoms with Crippen LogP contribution < -0.4 is 9.47 Å². The lowest BCUT2D eigenvalue weighted by Crippen LogP contribution is -2.50. The first-order valence-corrected chi connectivity index (χ1v) is 8.80. The molecule has 2 aromatic rings. The molecule has 1 aliphatic heterocycles. The van der Waals surface area contributed by atoms with Gasteiger partial charge in [-0.3, -0.25) is 9.59 Å². The van der Waals surface area contributed by atoms with Gasteiger partial charge >= 0.3 is 0 Å². The summed E-state index contributed by atoms with van der Waals surface area (Å²) in [6.07, 6.45) is 0. The molecule has 2 amide bonds. The van der Waals surface area contributed by atoms with Gasteiger partial charge in [0.15, 0.2) is 17.5 Å². The Kier molecular flexibility index (Phi) is 5.95. The molecule has 29 heavy (non-hydrogen) atoms. The Bertz CT molecular complexity index is 921. The number of carbonyl (C=O) groups excluding carboxylic acids is 2. The molecule has 0 N–H and O–H groups in total. The molecule has 2 aromatic carbocycles. The van der Waals surface area contributed by atoms with Crippen LogP contribution in [0, 0.1) is 17.5 Å². The number of carbonyl (C=O) groups is 2. The Hall–Kier alpha value is -3.23. The number of rotatable bonds is 4. The summed E-state index contributed by atoms with van der Waals surface area (Å²) < 4.78 is 50.7. The zero-order valence-corrected chi connectivity index (χ0v) is 15.9. The quantitative estimate of drug-likeness (QED) is 0.730. The predicted octanol–water partition coefficient (Wildman–Crippen LogP) is 2.72. The fourth-order valence-electron chi connectivity index (χ4n) is 3.09. The van der Waals surface area contributed by atoms with Crippen molar-refractivity contribution in [1.82, 2.24) is 9.80 Å². The highest BCUT2D eigenvalue weighted by Gasteiger charge is 2.28. The Morgan fingerprint density at radius 2 is 1.31 bits per heavy atom. The van der Waals surface area contributed by atoms with E-state index in [1.807, 2.05) is 0 Å². The summed E-state index contributed by atoms with van der Waals surface area (Å²) in [5.41, 5.74) is -0.172. The van der Waals surface area contributed by atoms with E-state index in [1.54, 1.807) is 23.1 Å². The van der Waals surface area contributed by atoms with Gasteiger partial charge in [0.2, 0.25) is 0 Å². The van der Waals surface area contributed by atoms with Gasteiger partial charge in [-0.15, -0.1) is 0 Å². The second kappa shape index (κ2) is 8.42. The van der Waals surface area contributed by atoms with Gasteiger partial charge in [0.05, 0.1) is 19.8 Å². The zero-order chi connectivity index (χ0) is 21.1. The van der Waals surface area contributed by atoms with Crippen molar-refractivity contribution in [2.24, 2.45) is 0 Å². The monoisotopic (exact) mass is 408 g/mol. The Labute approximate surface area is 165 Å². The maximum Gasteiger partial charge on any atom is 0.257 e. The minimum absolute atomic E-state index is 0.129. The molecule has 1 heterocycles. The molecule has 1 aliphatic rings. The number of benzene rings is 2. The fourth-order valence-corrected chi connectivity index (χ4v) is 3.09. The van der Waals surface area contributed by atoms with Crippen LogP contribution in [0.1, 0.15) is 20.7 Å². The molecular weight excluding hydrogens is 389 g/mol. The third-order valence-electron chi connectivity index (χ3n) is 4.72. The van der Waals surface area contributed by atoms with Gasteiger partial charge in [0, 0.05) is 37.8 Å². The number of hydrogen-bond donors (Lipinski definition) is 0. The molecular formula is C20H19F3N2O4. The molecule has 0 unspecified atom stereocenters. The minimum atomic E-state index is -1.68. The maximum absolute atomic E-state index is 13.9. The van der Waals surface area contributed by atoms with Crippen molar-refractivity contribution in [3.63, 3.8) is 0 Å². The number of ether oxygens (including phenoxy) is 2. The van der Waals surface area contributed by atoms with Crippen LogP contribution in [0.15, 0.2) is 30.3 Å². The smallest absolute Gasteiger partial charge is 0.257 e. The molecule has 0 bridgehead atoms. The molecule has 0 spiro atoms. The number of hydrogen-bond acceptors (Lipinski definition) is 4. The molecule has 6 nitrogen and oxygen atoms in total. The highest BCUT2D eigenvalue weighted by Crippen LogP contribution is 2.24. The van der Waals surface area contributed by atoms with E-state index < -0.39 is 28.9 Å². The fraction of sp³-hybridized carbons (Fsp3) is 0.300. The van der Waals surface area contributed by atoms with Crippen molar-refractivity contribution in [2.45, 2.75) is 0 Å². The van der Waals surface area contributed by atoms with E-state index in [2.05, 4.69) is 0 Å². The highest BCUT2D eigenvalue weighted by molar-refractivity contribution is 5.96. The average molecular weight is 408 g/mol. The second-order valence-electron chi connectivity index (χ2n) is 6.41. The standard InChI is InChI=1S/C20H19F3N2O4/c1-28-13-9-12(10-14(11-13)29-2)19(26)24-5-7-25(8-6-24)20(27)15-3-4-16(21)18(23)17(15)22/h3-4,9-11H,5-8H2,1-2H3. The van der Waals surface area contributed by atoms with Crippen molar-refractivity contribution in [3.8, 4) is 11.5 Å². The summed E-state index contributed by atoms with van der Waals surface area (Å²) in [5, 5.41) is 0. The first-order chi connectivity index (χ1) is 13.8. The van der Waals surface area contributed by atoms with Crippen molar-refractivity contribution >= 4 is 11.8 Å². The van der Waals surface area contributed by atoms with E-state index in [4.69, 9.17) is 9.47 Å². The minimum Gasteiger partial charge on any atom is -0.497 e. The molecule has 1 fully saturated rings. The van der Waals surface area contributed by atoms with E-state index in [1.165, 1.54) is 19.1 Å². The molecule has 0 aromatic heterocycles. The van der Waals surface area contributed by atoms with Crippen LogP contribution in [-0.2, 0) is 0 Å². The van der Waals surface area contributed by atoms with E-state index >= 15 is 0 Å². The highest BCUT2D eigenvalue weighted by atomic mass is 19.2. The third kappa shape index (κ3) is 4.13. The van der Waals surface area contributed by atoms with Crippen LogP contribution in [0.4, 0.5) is 13.2 Å². The first kappa shape index (κ1) is 20.5. The second-order valence-corrected chi connectivity index (χ2v) is 6.41. The lowest BCUT2D eigenvalue weighted by Gasteiger charge is -2.35. The molecule has 1 saturated heterocycles. The lowest BCUT2D eigenvalue weighted by molar-refractivity contribution is 0.0532. The van der Waals surface area contributed by atoms with Gasteiger partial charge in [-0.25, -0.2) is 13.2 Å². The number of piperazine rings is 1. The molecule has 0 saturated carbocycles. The number of halogens is 3. The van der Waals surface area contributed by atoms with Crippen LogP contribution in [0.2, 0.25) is 0 Å².